The molecular formula is C18H31NO2. The van der Waals surface area contributed by atoms with E-state index in [1.165, 1.54) is 37.7 Å². The van der Waals surface area contributed by atoms with E-state index in [0.717, 1.165) is 25.4 Å². The monoisotopic (exact) mass is 293 g/mol. The highest BCUT2D eigenvalue weighted by Gasteiger charge is 1.96. The lowest BCUT2D eigenvalue weighted by molar-refractivity contribution is 0.0971. The molecule has 1 N–H and O–H groups in total. The van der Waals surface area contributed by atoms with Crippen molar-refractivity contribution in [3.63, 3.8) is 0 Å². The molecule has 3 nitrogen and oxygen atoms in total. The molecule has 0 radical (unpaired) electrons. The van der Waals surface area contributed by atoms with Crippen LogP contribution in [0.4, 0.5) is 0 Å². The minimum absolute atomic E-state index is 0.627. The third-order valence-electron chi connectivity index (χ3n) is 3.39. The van der Waals surface area contributed by atoms with Gasteiger partial charge < -0.3 is 14.8 Å². The molecule has 0 spiro atoms. The summed E-state index contributed by atoms with van der Waals surface area (Å²) in [5.41, 5.74) is 1.28. The van der Waals surface area contributed by atoms with Crippen LogP contribution in [0.15, 0.2) is 24.3 Å². The standard InChI is InChI=1S/C18H31NO2/c1-3-5-6-7-8-13-20-14-15-21-18-11-9-17(10-12-18)16-19-4-2/h9-12,19H,3-8,13-16H2,1-2H3. The van der Waals surface area contributed by atoms with Gasteiger partial charge in [-0.15, -0.1) is 0 Å². The number of hydrogen-bond acceptors (Lipinski definition) is 3. The lowest BCUT2D eigenvalue weighted by Gasteiger charge is -2.08. The molecule has 0 saturated heterocycles. The average molecular weight is 293 g/mol. The molecule has 0 atom stereocenters. The molecule has 0 amide bonds. The Balaban J connectivity index is 1.99. The van der Waals surface area contributed by atoms with E-state index in [4.69, 9.17) is 9.47 Å². The minimum atomic E-state index is 0.627. The second-order valence-corrected chi connectivity index (χ2v) is 5.30. The van der Waals surface area contributed by atoms with Gasteiger partial charge in [0.05, 0.1) is 6.61 Å². The number of nitrogens with one attached hydrogen (secondary N) is 1. The van der Waals surface area contributed by atoms with Crippen LogP contribution < -0.4 is 10.1 Å². The number of unbranched alkanes of at least 4 members (excludes halogenated alkanes) is 4. The van der Waals surface area contributed by atoms with Gasteiger partial charge in [-0.3, -0.25) is 0 Å². The third-order valence-corrected chi connectivity index (χ3v) is 3.39. The summed E-state index contributed by atoms with van der Waals surface area (Å²) in [6.07, 6.45) is 6.41. The number of ether oxygens (including phenoxy) is 2. The zero-order valence-corrected chi connectivity index (χ0v) is 13.7. The predicted molar refractivity (Wildman–Crippen MR) is 88.9 cm³/mol. The second kappa shape index (κ2) is 12.7. The normalized spacial score (nSPS) is 10.8. The Morgan fingerprint density at radius 2 is 1.62 bits per heavy atom. The van der Waals surface area contributed by atoms with E-state index in [1.807, 2.05) is 12.1 Å². The molecule has 1 aromatic carbocycles. The molecule has 0 aliphatic rings. The zero-order chi connectivity index (χ0) is 15.2. The topological polar surface area (TPSA) is 30.5 Å². The van der Waals surface area contributed by atoms with Gasteiger partial charge >= 0.3 is 0 Å². The molecule has 0 aromatic heterocycles. The quantitative estimate of drug-likeness (QED) is 0.554. The van der Waals surface area contributed by atoms with Gasteiger partial charge in [0.25, 0.3) is 0 Å². The van der Waals surface area contributed by atoms with E-state index in [-0.39, 0.29) is 0 Å². The van der Waals surface area contributed by atoms with Crippen LogP contribution >= 0.6 is 0 Å². The molecule has 120 valence electrons. The Labute approximate surface area is 130 Å². The maximum Gasteiger partial charge on any atom is 0.119 e. The van der Waals surface area contributed by atoms with Gasteiger partial charge in [-0.25, -0.2) is 0 Å². The Morgan fingerprint density at radius 1 is 0.857 bits per heavy atom. The van der Waals surface area contributed by atoms with Crippen LogP contribution in [0.3, 0.4) is 0 Å². The SMILES string of the molecule is CCCCCCCOCCOc1ccc(CNCC)cc1. The first-order chi connectivity index (χ1) is 10.4. The van der Waals surface area contributed by atoms with E-state index in [1.54, 1.807) is 0 Å². The summed E-state index contributed by atoms with van der Waals surface area (Å²) in [5, 5.41) is 3.31. The fourth-order valence-electron chi connectivity index (χ4n) is 2.10. The fraction of sp³-hybridized carbons (Fsp3) is 0.667. The predicted octanol–water partition coefficient (Wildman–Crippen LogP) is 4.16. The highest BCUT2D eigenvalue weighted by atomic mass is 16.5. The maximum absolute atomic E-state index is 5.67. The lowest BCUT2D eigenvalue weighted by atomic mass is 10.2. The van der Waals surface area contributed by atoms with Crippen molar-refractivity contribution >= 4 is 0 Å². The summed E-state index contributed by atoms with van der Waals surface area (Å²) in [4.78, 5) is 0. The lowest BCUT2D eigenvalue weighted by Crippen LogP contribution is -2.11. The van der Waals surface area contributed by atoms with Crippen LogP contribution in [-0.4, -0.2) is 26.4 Å². The first-order valence-corrected chi connectivity index (χ1v) is 8.37. The van der Waals surface area contributed by atoms with Crippen molar-refractivity contribution in [3.8, 4) is 5.75 Å². The Morgan fingerprint density at radius 3 is 2.33 bits per heavy atom. The summed E-state index contributed by atoms with van der Waals surface area (Å²) < 4.78 is 11.2. The van der Waals surface area contributed by atoms with Gasteiger partial charge in [0.2, 0.25) is 0 Å². The highest BCUT2D eigenvalue weighted by molar-refractivity contribution is 5.27. The Kier molecular flexibility index (Phi) is 10.8. The molecule has 0 fully saturated rings. The molecule has 0 bridgehead atoms. The van der Waals surface area contributed by atoms with Crippen molar-refractivity contribution in [2.45, 2.75) is 52.5 Å². The number of rotatable bonds is 13. The van der Waals surface area contributed by atoms with Crippen molar-refractivity contribution in [1.82, 2.24) is 5.32 Å². The van der Waals surface area contributed by atoms with E-state index >= 15 is 0 Å². The van der Waals surface area contributed by atoms with Crippen molar-refractivity contribution in [2.75, 3.05) is 26.4 Å². The molecule has 3 heteroatoms. The zero-order valence-electron chi connectivity index (χ0n) is 13.7. The molecule has 0 aliphatic heterocycles. The van der Waals surface area contributed by atoms with Gasteiger partial charge in [-0.05, 0) is 30.7 Å². The van der Waals surface area contributed by atoms with Gasteiger partial charge in [0.1, 0.15) is 12.4 Å². The fourth-order valence-corrected chi connectivity index (χ4v) is 2.10. The van der Waals surface area contributed by atoms with E-state index in [2.05, 4.69) is 31.3 Å². The molecule has 0 unspecified atom stereocenters. The summed E-state index contributed by atoms with van der Waals surface area (Å²) in [6, 6.07) is 8.26. The van der Waals surface area contributed by atoms with Gasteiger partial charge in [-0.1, -0.05) is 51.7 Å². The molecular weight excluding hydrogens is 262 g/mol. The minimum Gasteiger partial charge on any atom is -0.491 e. The molecule has 0 aliphatic carbocycles. The van der Waals surface area contributed by atoms with Crippen LogP contribution in [0.2, 0.25) is 0 Å². The largest absolute Gasteiger partial charge is 0.491 e. The molecule has 21 heavy (non-hydrogen) atoms. The summed E-state index contributed by atoms with van der Waals surface area (Å²) in [5.74, 6) is 0.918. The second-order valence-electron chi connectivity index (χ2n) is 5.30. The van der Waals surface area contributed by atoms with Crippen molar-refractivity contribution in [3.05, 3.63) is 29.8 Å². The van der Waals surface area contributed by atoms with Crippen molar-refractivity contribution < 1.29 is 9.47 Å². The van der Waals surface area contributed by atoms with E-state index in [9.17, 15) is 0 Å². The smallest absolute Gasteiger partial charge is 0.119 e. The first kappa shape index (κ1) is 18.0. The van der Waals surface area contributed by atoms with Gasteiger partial charge in [-0.2, -0.15) is 0 Å². The molecule has 1 rings (SSSR count). The Bertz CT molecular complexity index is 338. The van der Waals surface area contributed by atoms with Crippen molar-refractivity contribution in [1.29, 1.82) is 0 Å². The molecule has 0 heterocycles. The summed E-state index contributed by atoms with van der Waals surface area (Å²) in [7, 11) is 0. The van der Waals surface area contributed by atoms with Gasteiger partial charge in [0.15, 0.2) is 0 Å². The number of hydrogen-bond donors (Lipinski definition) is 1. The molecule has 1 aromatic rings. The van der Waals surface area contributed by atoms with Crippen LogP contribution in [0.1, 0.15) is 51.5 Å². The van der Waals surface area contributed by atoms with Crippen LogP contribution in [0.25, 0.3) is 0 Å². The third kappa shape index (κ3) is 9.48. The summed E-state index contributed by atoms with van der Waals surface area (Å²) >= 11 is 0. The highest BCUT2D eigenvalue weighted by Crippen LogP contribution is 2.12. The van der Waals surface area contributed by atoms with Crippen LogP contribution in [-0.2, 0) is 11.3 Å². The average Bonchev–Trinajstić information content (AvgIpc) is 2.52. The Hall–Kier alpha value is -1.06. The van der Waals surface area contributed by atoms with Crippen LogP contribution in [0.5, 0.6) is 5.75 Å². The summed E-state index contributed by atoms with van der Waals surface area (Å²) in [6.45, 7) is 8.41. The van der Waals surface area contributed by atoms with E-state index in [0.29, 0.717) is 13.2 Å². The van der Waals surface area contributed by atoms with Gasteiger partial charge in [0, 0.05) is 13.2 Å². The first-order valence-electron chi connectivity index (χ1n) is 8.37. The van der Waals surface area contributed by atoms with Crippen LogP contribution in [0, 0.1) is 0 Å². The molecule has 0 saturated carbocycles. The maximum atomic E-state index is 5.67. The van der Waals surface area contributed by atoms with Crippen molar-refractivity contribution in [2.24, 2.45) is 0 Å². The van der Waals surface area contributed by atoms with E-state index < -0.39 is 0 Å². The number of benzene rings is 1.